The lowest BCUT2D eigenvalue weighted by Crippen LogP contribution is -2.59. The van der Waals surface area contributed by atoms with Crippen molar-refractivity contribution in [2.45, 2.75) is 108 Å². The molecule has 0 amide bonds. The Hall–Kier alpha value is -1.43. The van der Waals surface area contributed by atoms with Crippen LogP contribution in [0.2, 0.25) is 16.6 Å². The number of nitrogens with zero attached hydrogens (tertiary/aromatic N) is 4. The predicted molar refractivity (Wildman–Crippen MR) is 110 cm³/mol. The van der Waals surface area contributed by atoms with Gasteiger partial charge in [-0.3, -0.25) is 4.84 Å². The molecule has 0 aliphatic carbocycles. The zero-order valence-corrected chi connectivity index (χ0v) is 20.0. The molecule has 30 heavy (non-hydrogen) atoms. The summed E-state index contributed by atoms with van der Waals surface area (Å²) in [7, 11) is -2.21. The highest BCUT2D eigenvalue weighted by atomic mass is 28.4. The average molecular weight is 447 g/mol. The Kier molecular flexibility index (Phi) is 7.76. The summed E-state index contributed by atoms with van der Waals surface area (Å²) in [6, 6.07) is -1.06. The van der Waals surface area contributed by atoms with E-state index in [-0.39, 0.29) is 6.61 Å². The highest BCUT2D eigenvalue weighted by Crippen LogP contribution is 2.44. The van der Waals surface area contributed by atoms with E-state index in [2.05, 4.69) is 51.6 Å². The fourth-order valence-electron chi connectivity index (χ4n) is 5.07. The van der Waals surface area contributed by atoms with Gasteiger partial charge in [0.2, 0.25) is 6.29 Å². The fraction of sp³-hybridized carbons (Fsp3) is 1.00. The molecule has 12 heteroatoms. The van der Waals surface area contributed by atoms with E-state index in [4.69, 9.17) is 29.0 Å². The number of ether oxygens (including phenoxy) is 3. The summed E-state index contributed by atoms with van der Waals surface area (Å²) < 4.78 is 24.4. The molecule has 2 aliphatic rings. The maximum absolute atomic E-state index is 11.0. The van der Waals surface area contributed by atoms with Crippen LogP contribution in [0.5, 0.6) is 0 Å². The highest BCUT2D eigenvalue weighted by molar-refractivity contribution is 6.77. The third kappa shape index (κ3) is 4.89. The molecular formula is C18H34N4O7Si. The lowest BCUT2D eigenvalue weighted by molar-refractivity contribution is -0.783. The van der Waals surface area contributed by atoms with Gasteiger partial charge in [-0.2, -0.15) is 0 Å². The summed E-state index contributed by atoms with van der Waals surface area (Å²) in [6.07, 6.45) is -3.44. The van der Waals surface area contributed by atoms with Gasteiger partial charge >= 0.3 is 0 Å². The Morgan fingerprint density at radius 2 is 1.67 bits per heavy atom. The van der Waals surface area contributed by atoms with E-state index in [0.717, 1.165) is 0 Å². The van der Waals surface area contributed by atoms with Crippen LogP contribution in [0.3, 0.4) is 0 Å². The summed E-state index contributed by atoms with van der Waals surface area (Å²) in [5, 5.41) is 13.7. The standard InChI is InChI=1S/C18H34N4O7Si/c1-10(2)30(11(3)4,12(5)6)25-9-13-15-16(28-18(7,8)27-15)14(20-21-19)17(26-13)29-22(23)24/h10-17H,9H2,1-8H3/t13-,14-,15+,16-,17?/m1/s1. The molecule has 0 N–H and O–H groups in total. The van der Waals surface area contributed by atoms with Crippen LogP contribution < -0.4 is 0 Å². The zero-order chi connectivity index (χ0) is 22.9. The maximum Gasteiger partial charge on any atom is 0.297 e. The number of rotatable bonds is 9. The Labute approximate surface area is 178 Å². The van der Waals surface area contributed by atoms with Gasteiger partial charge in [-0.05, 0) is 36.0 Å². The van der Waals surface area contributed by atoms with Crippen molar-refractivity contribution >= 4 is 8.32 Å². The maximum atomic E-state index is 11.0. The van der Waals surface area contributed by atoms with Crippen LogP contribution in [0.15, 0.2) is 5.11 Å². The molecule has 2 aliphatic heterocycles. The third-order valence-electron chi connectivity index (χ3n) is 6.03. The van der Waals surface area contributed by atoms with Crippen LogP contribution in [-0.2, 0) is 23.5 Å². The molecule has 2 rings (SSSR count). The van der Waals surface area contributed by atoms with E-state index in [1.54, 1.807) is 13.8 Å². The summed E-state index contributed by atoms with van der Waals surface area (Å²) in [6.45, 7) is 16.7. The molecule has 2 fully saturated rings. The first kappa shape index (κ1) is 24.8. The van der Waals surface area contributed by atoms with Crippen molar-refractivity contribution in [3.05, 3.63) is 20.6 Å². The van der Waals surface area contributed by atoms with Gasteiger partial charge in [-0.25, -0.2) is 0 Å². The van der Waals surface area contributed by atoms with Crippen LogP contribution in [0.1, 0.15) is 55.4 Å². The SMILES string of the molecule is CC(C)[Si](OC[C@H]1OC(O[N+](=O)[O-])[C@H](N=[N+]=[N-])[C@H]2OC(C)(C)O[C@H]21)(C(C)C)C(C)C. The Morgan fingerprint density at radius 3 is 2.13 bits per heavy atom. The highest BCUT2D eigenvalue weighted by Gasteiger charge is 2.57. The lowest BCUT2D eigenvalue weighted by Gasteiger charge is -2.45. The summed E-state index contributed by atoms with van der Waals surface area (Å²) in [4.78, 5) is 18.5. The molecule has 0 aromatic carbocycles. The van der Waals surface area contributed by atoms with Crippen molar-refractivity contribution in [1.82, 2.24) is 0 Å². The normalized spacial score (nSPS) is 31.0. The van der Waals surface area contributed by atoms with Crippen LogP contribution in [0.4, 0.5) is 0 Å². The molecule has 11 nitrogen and oxygen atoms in total. The minimum absolute atomic E-state index is 0.182. The molecule has 0 radical (unpaired) electrons. The largest absolute Gasteiger partial charge is 0.413 e. The molecule has 172 valence electrons. The second kappa shape index (κ2) is 9.37. The van der Waals surface area contributed by atoms with Gasteiger partial charge in [0.15, 0.2) is 14.1 Å². The quantitative estimate of drug-likeness (QED) is 0.128. The lowest BCUT2D eigenvalue weighted by atomic mass is 9.98. The molecule has 0 spiro atoms. The molecular weight excluding hydrogens is 412 g/mol. The van der Waals surface area contributed by atoms with Crippen molar-refractivity contribution in [2.75, 3.05) is 6.61 Å². The van der Waals surface area contributed by atoms with E-state index in [1.165, 1.54) is 0 Å². The van der Waals surface area contributed by atoms with Crippen molar-refractivity contribution < 1.29 is 28.6 Å². The topological polar surface area (TPSA) is 138 Å². The van der Waals surface area contributed by atoms with E-state index in [9.17, 15) is 10.1 Å². The fourth-order valence-corrected chi connectivity index (χ4v) is 10.5. The van der Waals surface area contributed by atoms with Gasteiger partial charge in [-0.1, -0.05) is 46.7 Å². The number of fused-ring (bicyclic) bond motifs is 1. The number of azide groups is 1. The van der Waals surface area contributed by atoms with Gasteiger partial charge in [0.1, 0.15) is 24.4 Å². The summed E-state index contributed by atoms with van der Waals surface area (Å²) >= 11 is 0. The van der Waals surface area contributed by atoms with Gasteiger partial charge in [-0.15, -0.1) is 10.1 Å². The first-order valence-electron chi connectivity index (χ1n) is 10.4. The minimum Gasteiger partial charge on any atom is -0.413 e. The molecule has 0 bridgehead atoms. The van der Waals surface area contributed by atoms with Crippen molar-refractivity contribution in [2.24, 2.45) is 5.11 Å². The second-order valence-corrected chi connectivity index (χ2v) is 14.7. The van der Waals surface area contributed by atoms with Crippen LogP contribution in [0.25, 0.3) is 10.4 Å². The van der Waals surface area contributed by atoms with Crippen LogP contribution in [-0.4, -0.2) is 56.4 Å². The first-order chi connectivity index (χ1) is 13.9. The Bertz CT molecular complexity index is 647. The number of hydrogen-bond donors (Lipinski definition) is 0. The molecule has 1 unspecified atom stereocenters. The van der Waals surface area contributed by atoms with Crippen molar-refractivity contribution in [1.29, 1.82) is 0 Å². The molecule has 0 saturated carbocycles. The zero-order valence-electron chi connectivity index (χ0n) is 19.0. The molecule has 0 aromatic heterocycles. The van der Waals surface area contributed by atoms with Crippen LogP contribution >= 0.6 is 0 Å². The van der Waals surface area contributed by atoms with Gasteiger partial charge in [0.25, 0.3) is 5.09 Å². The van der Waals surface area contributed by atoms with E-state index in [1.807, 2.05) is 0 Å². The summed E-state index contributed by atoms with van der Waals surface area (Å²) in [5.74, 6) is -0.966. The Balaban J connectivity index is 2.33. The molecule has 5 atom stereocenters. The van der Waals surface area contributed by atoms with Gasteiger partial charge in [0, 0.05) is 4.91 Å². The van der Waals surface area contributed by atoms with E-state index >= 15 is 0 Å². The van der Waals surface area contributed by atoms with Gasteiger partial charge < -0.3 is 18.6 Å². The smallest absolute Gasteiger partial charge is 0.297 e. The Morgan fingerprint density at radius 1 is 1.13 bits per heavy atom. The number of hydrogen-bond acceptors (Lipinski definition) is 8. The van der Waals surface area contributed by atoms with Gasteiger partial charge in [0.05, 0.1) is 6.61 Å². The van der Waals surface area contributed by atoms with E-state index in [0.29, 0.717) is 16.6 Å². The van der Waals surface area contributed by atoms with Crippen molar-refractivity contribution in [3.63, 3.8) is 0 Å². The monoisotopic (exact) mass is 446 g/mol. The van der Waals surface area contributed by atoms with Crippen molar-refractivity contribution in [3.8, 4) is 0 Å². The average Bonchev–Trinajstić information content (AvgIpc) is 2.92. The molecule has 0 aromatic rings. The summed E-state index contributed by atoms with van der Waals surface area (Å²) in [5.41, 5.74) is 10.0. The van der Waals surface area contributed by atoms with Crippen LogP contribution in [0, 0.1) is 10.1 Å². The minimum atomic E-state index is -2.21. The first-order valence-corrected chi connectivity index (χ1v) is 12.5. The molecule has 2 heterocycles. The second-order valence-electron chi connectivity index (χ2n) is 9.26. The molecule has 2 saturated heterocycles. The predicted octanol–water partition coefficient (Wildman–Crippen LogP) is 4.31. The van der Waals surface area contributed by atoms with E-state index < -0.39 is 49.8 Å². The third-order valence-corrected chi connectivity index (χ3v) is 12.1.